The van der Waals surface area contributed by atoms with E-state index in [9.17, 15) is 0 Å². The number of nitrogens with one attached hydrogen (secondary N) is 1. The maximum Gasteiger partial charge on any atom is 0.0741 e. The minimum absolute atomic E-state index is 0.0439. The molecule has 0 saturated carbocycles. The minimum Gasteiger partial charge on any atom is -0.381 e. The minimum atomic E-state index is 0.0439. The molecular weight excluding hydrogens is 286 g/mol. The molecule has 2 atom stereocenters. The molecule has 2 fully saturated rings. The Balaban J connectivity index is 1.61. The predicted octanol–water partition coefficient (Wildman–Crippen LogP) is 3.72. The highest BCUT2D eigenvalue weighted by atomic mass is 35.5. The Morgan fingerprint density at radius 2 is 2.10 bits per heavy atom. The van der Waals surface area contributed by atoms with Crippen LogP contribution in [0.1, 0.15) is 44.2 Å². The first-order chi connectivity index (χ1) is 10.2. The van der Waals surface area contributed by atoms with Gasteiger partial charge in [0.25, 0.3) is 0 Å². The molecule has 1 unspecified atom stereocenters. The van der Waals surface area contributed by atoms with E-state index in [1.807, 2.05) is 18.2 Å². The molecule has 1 aromatic rings. The maximum atomic E-state index is 6.10. The van der Waals surface area contributed by atoms with Gasteiger partial charge in [-0.1, -0.05) is 23.7 Å². The van der Waals surface area contributed by atoms with Gasteiger partial charge in [0.1, 0.15) is 0 Å². The van der Waals surface area contributed by atoms with Crippen molar-refractivity contribution in [3.63, 3.8) is 0 Å². The number of hydrogen-bond acceptors (Lipinski definition) is 3. The monoisotopic (exact) mass is 309 g/mol. The van der Waals surface area contributed by atoms with Gasteiger partial charge in [0, 0.05) is 36.9 Å². The summed E-state index contributed by atoms with van der Waals surface area (Å²) in [6.07, 6.45) is 4.21. The van der Waals surface area contributed by atoms with Gasteiger partial charge >= 0.3 is 0 Å². The van der Waals surface area contributed by atoms with Crippen LogP contribution in [0.3, 0.4) is 0 Å². The SMILES string of the molecule is C[C@@H](NC1CCOC2(CCOCC2)C1)c1cccc(Cl)c1. The summed E-state index contributed by atoms with van der Waals surface area (Å²) in [5.41, 5.74) is 1.29. The van der Waals surface area contributed by atoms with Crippen LogP contribution in [-0.4, -0.2) is 31.5 Å². The highest BCUT2D eigenvalue weighted by Crippen LogP contribution is 2.35. The van der Waals surface area contributed by atoms with Gasteiger partial charge in [-0.2, -0.15) is 0 Å². The van der Waals surface area contributed by atoms with E-state index < -0.39 is 0 Å². The number of rotatable bonds is 3. The molecule has 0 radical (unpaired) electrons. The van der Waals surface area contributed by atoms with E-state index in [0.717, 1.165) is 50.5 Å². The molecule has 2 saturated heterocycles. The fourth-order valence-corrected chi connectivity index (χ4v) is 3.69. The van der Waals surface area contributed by atoms with Crippen molar-refractivity contribution in [1.29, 1.82) is 0 Å². The molecule has 2 heterocycles. The Morgan fingerprint density at radius 1 is 1.29 bits per heavy atom. The normalized spacial score (nSPS) is 26.7. The first-order valence-corrected chi connectivity index (χ1v) is 8.28. The van der Waals surface area contributed by atoms with Crippen LogP contribution < -0.4 is 5.32 Å². The van der Waals surface area contributed by atoms with E-state index in [-0.39, 0.29) is 5.60 Å². The van der Waals surface area contributed by atoms with Gasteiger partial charge in [0.15, 0.2) is 0 Å². The summed E-state index contributed by atoms with van der Waals surface area (Å²) in [5.74, 6) is 0. The van der Waals surface area contributed by atoms with E-state index in [4.69, 9.17) is 21.1 Å². The van der Waals surface area contributed by atoms with Crippen molar-refractivity contribution in [2.75, 3.05) is 19.8 Å². The average Bonchev–Trinajstić information content (AvgIpc) is 2.48. The van der Waals surface area contributed by atoms with Crippen LogP contribution in [0.4, 0.5) is 0 Å². The Bertz CT molecular complexity index is 468. The van der Waals surface area contributed by atoms with Crippen molar-refractivity contribution < 1.29 is 9.47 Å². The molecule has 0 bridgehead atoms. The molecule has 2 aliphatic heterocycles. The zero-order valence-corrected chi connectivity index (χ0v) is 13.4. The number of ether oxygens (including phenoxy) is 2. The Morgan fingerprint density at radius 3 is 2.86 bits per heavy atom. The van der Waals surface area contributed by atoms with E-state index in [0.29, 0.717) is 12.1 Å². The zero-order valence-electron chi connectivity index (χ0n) is 12.6. The summed E-state index contributed by atoms with van der Waals surface area (Å²) >= 11 is 6.09. The Labute approximate surface area is 132 Å². The van der Waals surface area contributed by atoms with Crippen LogP contribution >= 0.6 is 11.6 Å². The van der Waals surface area contributed by atoms with Gasteiger partial charge in [0.05, 0.1) is 5.60 Å². The topological polar surface area (TPSA) is 30.5 Å². The van der Waals surface area contributed by atoms with Crippen LogP contribution in [0.2, 0.25) is 5.02 Å². The van der Waals surface area contributed by atoms with Gasteiger partial charge in [-0.25, -0.2) is 0 Å². The largest absolute Gasteiger partial charge is 0.381 e. The van der Waals surface area contributed by atoms with Crippen molar-refractivity contribution in [3.05, 3.63) is 34.9 Å². The molecule has 0 aliphatic carbocycles. The van der Waals surface area contributed by atoms with Gasteiger partial charge in [-0.3, -0.25) is 0 Å². The third kappa shape index (κ3) is 3.78. The molecule has 4 heteroatoms. The molecule has 1 spiro atoms. The smallest absolute Gasteiger partial charge is 0.0741 e. The third-order valence-corrected chi connectivity index (χ3v) is 4.97. The molecule has 0 amide bonds. The van der Waals surface area contributed by atoms with Crippen molar-refractivity contribution in [3.8, 4) is 0 Å². The second kappa shape index (κ2) is 6.66. The lowest BCUT2D eigenvalue weighted by Gasteiger charge is -2.44. The highest BCUT2D eigenvalue weighted by Gasteiger charge is 2.39. The van der Waals surface area contributed by atoms with Crippen LogP contribution in [-0.2, 0) is 9.47 Å². The molecule has 0 aromatic heterocycles. The van der Waals surface area contributed by atoms with Gasteiger partial charge in [0.2, 0.25) is 0 Å². The Kier molecular flexibility index (Phi) is 4.85. The number of benzene rings is 1. The summed E-state index contributed by atoms with van der Waals surface area (Å²) in [7, 11) is 0. The first kappa shape index (κ1) is 15.3. The third-order valence-electron chi connectivity index (χ3n) is 4.73. The second-order valence-electron chi connectivity index (χ2n) is 6.28. The average molecular weight is 310 g/mol. The summed E-state index contributed by atoms with van der Waals surface area (Å²) in [6.45, 7) is 4.71. The fourth-order valence-electron chi connectivity index (χ4n) is 3.49. The standard InChI is InChI=1S/C17H24ClNO2/c1-13(14-3-2-4-15(18)11-14)19-16-5-8-21-17(12-16)6-9-20-10-7-17/h2-4,11,13,16,19H,5-10,12H2,1H3/t13-,16?/m1/s1. The van der Waals surface area contributed by atoms with Crippen LogP contribution in [0.15, 0.2) is 24.3 Å². The van der Waals surface area contributed by atoms with Crippen LogP contribution in [0.25, 0.3) is 0 Å². The zero-order chi connectivity index (χ0) is 14.7. The number of hydrogen-bond donors (Lipinski definition) is 1. The van der Waals surface area contributed by atoms with Crippen molar-refractivity contribution in [2.24, 2.45) is 0 Å². The molecule has 116 valence electrons. The molecule has 21 heavy (non-hydrogen) atoms. The molecular formula is C17H24ClNO2. The molecule has 2 aliphatic rings. The van der Waals surface area contributed by atoms with Gasteiger partial charge < -0.3 is 14.8 Å². The Hall–Kier alpha value is -0.610. The first-order valence-electron chi connectivity index (χ1n) is 7.90. The van der Waals surface area contributed by atoms with Crippen LogP contribution in [0.5, 0.6) is 0 Å². The van der Waals surface area contributed by atoms with E-state index in [2.05, 4.69) is 18.3 Å². The number of halogens is 1. The van der Waals surface area contributed by atoms with Crippen LogP contribution in [0, 0.1) is 0 Å². The lowest BCUT2D eigenvalue weighted by Crippen LogP contribution is -2.50. The predicted molar refractivity (Wildman–Crippen MR) is 84.8 cm³/mol. The lowest BCUT2D eigenvalue weighted by atomic mass is 9.83. The van der Waals surface area contributed by atoms with Crippen molar-refractivity contribution in [2.45, 2.75) is 50.3 Å². The van der Waals surface area contributed by atoms with Gasteiger partial charge in [-0.05, 0) is 50.3 Å². The van der Waals surface area contributed by atoms with E-state index >= 15 is 0 Å². The summed E-state index contributed by atoms with van der Waals surface area (Å²) in [4.78, 5) is 0. The lowest BCUT2D eigenvalue weighted by molar-refractivity contribution is -0.140. The van der Waals surface area contributed by atoms with Crippen molar-refractivity contribution >= 4 is 11.6 Å². The summed E-state index contributed by atoms with van der Waals surface area (Å²) in [5, 5.41) is 4.55. The highest BCUT2D eigenvalue weighted by molar-refractivity contribution is 6.30. The van der Waals surface area contributed by atoms with E-state index in [1.165, 1.54) is 5.56 Å². The molecule has 3 nitrogen and oxygen atoms in total. The molecule has 1 aromatic carbocycles. The maximum absolute atomic E-state index is 6.10. The second-order valence-corrected chi connectivity index (χ2v) is 6.71. The van der Waals surface area contributed by atoms with Gasteiger partial charge in [-0.15, -0.1) is 0 Å². The fraction of sp³-hybridized carbons (Fsp3) is 0.647. The molecule has 1 N–H and O–H groups in total. The quantitative estimate of drug-likeness (QED) is 0.923. The van der Waals surface area contributed by atoms with Crippen molar-refractivity contribution in [1.82, 2.24) is 5.32 Å². The van der Waals surface area contributed by atoms with E-state index in [1.54, 1.807) is 0 Å². The summed E-state index contributed by atoms with van der Waals surface area (Å²) in [6, 6.07) is 8.92. The summed E-state index contributed by atoms with van der Waals surface area (Å²) < 4.78 is 11.6. The molecule has 3 rings (SSSR count).